The number of sulfone groups is 1. The van der Waals surface area contributed by atoms with Crippen LogP contribution in [-0.2, 0) is 21.2 Å². The van der Waals surface area contributed by atoms with Crippen molar-refractivity contribution >= 4 is 33.4 Å². The van der Waals surface area contributed by atoms with Gasteiger partial charge in [0.2, 0.25) is 5.91 Å². The minimum Gasteiger partial charge on any atom is -0.350 e. The van der Waals surface area contributed by atoms with Gasteiger partial charge in [-0.25, -0.2) is 13.2 Å². The Morgan fingerprint density at radius 1 is 1.30 bits per heavy atom. The number of benzene rings is 1. The lowest BCUT2D eigenvalue weighted by molar-refractivity contribution is -0.124. The minimum atomic E-state index is -3.08. The number of hydrogen-bond donors (Lipinski definition) is 3. The monoisotopic (exact) mass is 415 g/mol. The van der Waals surface area contributed by atoms with Crippen LogP contribution in [0.15, 0.2) is 24.3 Å². The molecule has 1 aliphatic rings. The van der Waals surface area contributed by atoms with Gasteiger partial charge in [-0.05, 0) is 24.0 Å². The van der Waals surface area contributed by atoms with E-state index in [4.69, 9.17) is 11.6 Å². The van der Waals surface area contributed by atoms with Gasteiger partial charge in [0.25, 0.3) is 0 Å². The fraction of sp³-hybridized carbons (Fsp3) is 0.556. The van der Waals surface area contributed by atoms with E-state index < -0.39 is 28.0 Å². The maximum Gasteiger partial charge on any atom is 0.315 e. The number of amides is 3. The van der Waals surface area contributed by atoms with Gasteiger partial charge in [-0.1, -0.05) is 50.1 Å². The number of hydrogen-bond acceptors (Lipinski definition) is 4. The molecule has 1 heterocycles. The van der Waals surface area contributed by atoms with Gasteiger partial charge in [0.15, 0.2) is 9.84 Å². The van der Waals surface area contributed by atoms with Crippen LogP contribution in [0, 0.1) is 5.92 Å². The van der Waals surface area contributed by atoms with Crippen molar-refractivity contribution in [2.45, 2.75) is 45.3 Å². The van der Waals surface area contributed by atoms with Gasteiger partial charge in [-0.2, -0.15) is 0 Å². The second-order valence-corrected chi connectivity index (χ2v) is 9.53. The van der Waals surface area contributed by atoms with Crippen molar-refractivity contribution in [3.05, 3.63) is 34.9 Å². The maximum absolute atomic E-state index is 12.6. The molecule has 7 nitrogen and oxygen atoms in total. The van der Waals surface area contributed by atoms with Crippen molar-refractivity contribution in [3.63, 3.8) is 0 Å². The van der Waals surface area contributed by atoms with Crippen LogP contribution in [0.3, 0.4) is 0 Å². The zero-order valence-electron chi connectivity index (χ0n) is 15.5. The molecule has 1 aromatic rings. The number of carbonyl (C=O) groups is 2. The number of rotatable bonds is 7. The molecule has 0 aliphatic carbocycles. The van der Waals surface area contributed by atoms with E-state index >= 15 is 0 Å². The summed E-state index contributed by atoms with van der Waals surface area (Å²) in [6, 6.07) is 5.54. The summed E-state index contributed by atoms with van der Waals surface area (Å²) in [6.45, 7) is 4.07. The zero-order chi connectivity index (χ0) is 20.0. The molecule has 1 aliphatic heterocycles. The Labute approximate surface area is 165 Å². The molecule has 3 atom stereocenters. The number of nitrogens with one attached hydrogen (secondary N) is 3. The first kappa shape index (κ1) is 21.5. The van der Waals surface area contributed by atoms with E-state index in [1.54, 1.807) is 6.07 Å². The summed E-state index contributed by atoms with van der Waals surface area (Å²) in [5.74, 6) is -0.384. The summed E-state index contributed by atoms with van der Waals surface area (Å²) in [7, 11) is -3.08. The Morgan fingerprint density at radius 3 is 2.59 bits per heavy atom. The molecule has 0 radical (unpaired) electrons. The second-order valence-electron chi connectivity index (χ2n) is 6.89. The van der Waals surface area contributed by atoms with Crippen molar-refractivity contribution in [1.82, 2.24) is 16.0 Å². The molecule has 1 saturated heterocycles. The van der Waals surface area contributed by atoms with Crippen LogP contribution in [0.25, 0.3) is 0 Å². The van der Waals surface area contributed by atoms with E-state index in [2.05, 4.69) is 16.0 Å². The molecule has 1 fully saturated rings. The normalized spacial score (nSPS) is 20.5. The summed E-state index contributed by atoms with van der Waals surface area (Å²) in [5.41, 5.74) is 0.788. The fourth-order valence-electron chi connectivity index (χ4n) is 2.91. The Hall–Kier alpha value is -1.80. The summed E-state index contributed by atoms with van der Waals surface area (Å²) < 4.78 is 23.0. The van der Waals surface area contributed by atoms with Crippen LogP contribution in [0.5, 0.6) is 0 Å². The van der Waals surface area contributed by atoms with Crippen LogP contribution in [0.2, 0.25) is 5.02 Å². The predicted octanol–water partition coefficient (Wildman–Crippen LogP) is 1.86. The average molecular weight is 416 g/mol. The van der Waals surface area contributed by atoms with E-state index in [0.29, 0.717) is 17.9 Å². The molecule has 1 unspecified atom stereocenters. The molecule has 9 heteroatoms. The highest BCUT2D eigenvalue weighted by Gasteiger charge is 2.31. The molecule has 0 aromatic heterocycles. The Balaban J connectivity index is 1.94. The molecule has 3 N–H and O–H groups in total. The van der Waals surface area contributed by atoms with Gasteiger partial charge in [0.1, 0.15) is 6.04 Å². The van der Waals surface area contributed by atoms with Crippen LogP contribution >= 0.6 is 11.6 Å². The van der Waals surface area contributed by atoms with E-state index in [1.165, 1.54) is 0 Å². The molecule has 0 saturated carbocycles. The van der Waals surface area contributed by atoms with Gasteiger partial charge < -0.3 is 16.0 Å². The number of halogens is 1. The van der Waals surface area contributed by atoms with Crippen molar-refractivity contribution in [2.24, 2.45) is 5.92 Å². The molecular formula is C18H26ClN3O4S. The van der Waals surface area contributed by atoms with Crippen LogP contribution in [0.1, 0.15) is 32.3 Å². The van der Waals surface area contributed by atoms with Crippen molar-refractivity contribution in [2.75, 3.05) is 11.5 Å². The Bertz CT molecular complexity index is 785. The summed E-state index contributed by atoms with van der Waals surface area (Å²) in [4.78, 5) is 24.9. The van der Waals surface area contributed by atoms with Crippen molar-refractivity contribution in [3.8, 4) is 0 Å². The summed E-state index contributed by atoms with van der Waals surface area (Å²) in [6.07, 6.45) is 1.09. The first-order valence-corrected chi connectivity index (χ1v) is 11.2. The van der Waals surface area contributed by atoms with E-state index in [9.17, 15) is 18.0 Å². The smallest absolute Gasteiger partial charge is 0.315 e. The molecule has 3 amide bonds. The molecule has 2 rings (SSSR count). The van der Waals surface area contributed by atoms with Gasteiger partial charge in [0, 0.05) is 17.6 Å². The molecule has 27 heavy (non-hydrogen) atoms. The lowest BCUT2D eigenvalue weighted by Crippen LogP contribution is -2.54. The third-order valence-electron chi connectivity index (χ3n) is 4.76. The lowest BCUT2D eigenvalue weighted by Gasteiger charge is -2.24. The standard InChI is InChI=1S/C18H26ClN3O4S/c1-3-12(2)16(17(23)20-10-13-6-4-5-7-15(13)19)22-18(24)21-14-8-9-27(25,26)11-14/h4-7,12,14,16H,3,8-11H2,1-2H3,(H,20,23)(H2,21,22,24)/t12-,14?,16+/m1/s1. The third kappa shape index (κ3) is 6.39. The SMILES string of the molecule is CC[C@@H](C)[C@H](NC(=O)NC1CCS(=O)(=O)C1)C(=O)NCc1ccccc1Cl. The van der Waals surface area contributed by atoms with E-state index in [0.717, 1.165) is 5.56 Å². The molecule has 0 bridgehead atoms. The van der Waals surface area contributed by atoms with Gasteiger partial charge in [-0.15, -0.1) is 0 Å². The summed E-state index contributed by atoms with van der Waals surface area (Å²) in [5, 5.41) is 8.70. The van der Waals surface area contributed by atoms with Crippen molar-refractivity contribution < 1.29 is 18.0 Å². The molecule has 150 valence electrons. The van der Waals surface area contributed by atoms with Crippen LogP contribution < -0.4 is 16.0 Å². The highest BCUT2D eigenvalue weighted by atomic mass is 35.5. The number of urea groups is 1. The van der Waals surface area contributed by atoms with Crippen LogP contribution in [0.4, 0.5) is 4.79 Å². The molecule has 1 aromatic carbocycles. The molecular weight excluding hydrogens is 390 g/mol. The maximum atomic E-state index is 12.6. The van der Waals surface area contributed by atoms with Gasteiger partial charge in [-0.3, -0.25) is 4.79 Å². The van der Waals surface area contributed by atoms with E-state index in [-0.39, 0.29) is 29.9 Å². The lowest BCUT2D eigenvalue weighted by atomic mass is 9.98. The Kier molecular flexibility index (Phi) is 7.49. The first-order chi connectivity index (χ1) is 12.7. The zero-order valence-corrected chi connectivity index (χ0v) is 17.1. The van der Waals surface area contributed by atoms with Gasteiger partial charge >= 0.3 is 6.03 Å². The second kappa shape index (κ2) is 9.41. The Morgan fingerprint density at radius 2 is 2.00 bits per heavy atom. The summed E-state index contributed by atoms with van der Waals surface area (Å²) >= 11 is 6.10. The number of carbonyl (C=O) groups excluding carboxylic acids is 2. The van der Waals surface area contributed by atoms with Crippen LogP contribution in [-0.4, -0.2) is 43.9 Å². The fourth-order valence-corrected chi connectivity index (χ4v) is 4.79. The largest absolute Gasteiger partial charge is 0.350 e. The quantitative estimate of drug-likeness (QED) is 0.632. The highest BCUT2D eigenvalue weighted by Crippen LogP contribution is 2.15. The highest BCUT2D eigenvalue weighted by molar-refractivity contribution is 7.91. The first-order valence-electron chi connectivity index (χ1n) is 9.00. The van der Waals surface area contributed by atoms with E-state index in [1.807, 2.05) is 32.0 Å². The third-order valence-corrected chi connectivity index (χ3v) is 6.90. The molecule has 0 spiro atoms. The topological polar surface area (TPSA) is 104 Å². The average Bonchev–Trinajstić information content (AvgIpc) is 2.96. The predicted molar refractivity (Wildman–Crippen MR) is 105 cm³/mol. The minimum absolute atomic E-state index is 0.0624. The van der Waals surface area contributed by atoms with Crippen molar-refractivity contribution in [1.29, 1.82) is 0 Å². The van der Waals surface area contributed by atoms with Gasteiger partial charge in [0.05, 0.1) is 11.5 Å².